The molecule has 2 N–H and O–H groups in total. The fourth-order valence-electron chi connectivity index (χ4n) is 6.92. The third-order valence-corrected chi connectivity index (χ3v) is 10.4. The summed E-state index contributed by atoms with van der Waals surface area (Å²) >= 11 is 10.8. The Kier molecular flexibility index (Phi) is 9.79. The second kappa shape index (κ2) is 14.2. The van der Waals surface area contributed by atoms with Crippen LogP contribution in [-0.2, 0) is 13.0 Å². The summed E-state index contributed by atoms with van der Waals surface area (Å²) in [6.07, 6.45) is -0.430. The van der Waals surface area contributed by atoms with Crippen molar-refractivity contribution in [1.82, 2.24) is 20.2 Å². The Morgan fingerprint density at radius 3 is 2.51 bits per heavy atom. The topological polar surface area (TPSA) is 101 Å². The third kappa shape index (κ3) is 6.73. The molecular formula is C37H38BrClFN5O4. The van der Waals surface area contributed by atoms with E-state index < -0.39 is 12.3 Å². The second-order valence-corrected chi connectivity index (χ2v) is 13.9. The number of aliphatic hydroxyl groups excluding tert-OH is 1. The van der Waals surface area contributed by atoms with Gasteiger partial charge in [-0.3, -0.25) is 9.89 Å². The van der Waals surface area contributed by atoms with Gasteiger partial charge < -0.3 is 24.6 Å². The quantitative estimate of drug-likeness (QED) is 0.190. The largest absolute Gasteiger partial charge is 0.481 e. The van der Waals surface area contributed by atoms with Gasteiger partial charge in [-0.05, 0) is 77.0 Å². The van der Waals surface area contributed by atoms with E-state index in [0.29, 0.717) is 52.3 Å². The van der Waals surface area contributed by atoms with Crippen molar-refractivity contribution >= 4 is 33.4 Å². The van der Waals surface area contributed by atoms with Crippen LogP contribution in [0, 0.1) is 0 Å². The van der Waals surface area contributed by atoms with Crippen LogP contribution in [0.25, 0.3) is 22.4 Å². The number of pyridine rings is 2. The smallest absolute Gasteiger partial charge is 0.231 e. The molecule has 2 aromatic heterocycles. The van der Waals surface area contributed by atoms with Gasteiger partial charge >= 0.3 is 0 Å². The number of aromatic nitrogens is 2. The molecule has 2 aromatic carbocycles. The van der Waals surface area contributed by atoms with Gasteiger partial charge in [0.15, 0.2) is 0 Å². The van der Waals surface area contributed by atoms with E-state index in [9.17, 15) is 9.50 Å². The molecular weight excluding hydrogens is 713 g/mol. The first kappa shape index (κ1) is 33.7. The van der Waals surface area contributed by atoms with Crippen molar-refractivity contribution in [1.29, 1.82) is 0 Å². The summed E-state index contributed by atoms with van der Waals surface area (Å²) in [4.78, 5) is 16.2. The lowest BCUT2D eigenvalue weighted by Crippen LogP contribution is -2.44. The Labute approximate surface area is 298 Å². The number of aliphatic hydroxyl groups is 1. The summed E-state index contributed by atoms with van der Waals surface area (Å²) in [6.45, 7) is 4.06. The number of methoxy groups -OCH3 is 2. The molecule has 3 aliphatic rings. The van der Waals surface area contributed by atoms with Gasteiger partial charge in [0.05, 0.1) is 47.1 Å². The van der Waals surface area contributed by atoms with E-state index in [1.165, 1.54) is 5.56 Å². The van der Waals surface area contributed by atoms with E-state index in [-0.39, 0.29) is 18.7 Å². The highest BCUT2D eigenvalue weighted by molar-refractivity contribution is 9.10. The zero-order valence-electron chi connectivity index (χ0n) is 27.6. The standard InChI is InChI=1S/C37H38BrClFN5O4/c1-20-17-41-34(42-20)27-10-12-30(43-36(27)48-3)26-9-5-8-25(33(26)39)22-6-4-7-24-23(22)11-13-32(24)49-37-28(38)16-21(35(44-37)47-2)18-45-15-14-31(46)29(40)19-45/h4-10,12,16,20,29,31-32,46H,11,13-15,17-19H2,1-3H3,(H,41,42)/t20-,29+,31-,32-/m0/s1. The molecule has 1 fully saturated rings. The van der Waals surface area contributed by atoms with Crippen molar-refractivity contribution in [2.24, 2.45) is 4.99 Å². The molecule has 7 rings (SSSR count). The third-order valence-electron chi connectivity index (χ3n) is 9.42. The van der Waals surface area contributed by atoms with Crippen LogP contribution in [0.1, 0.15) is 48.1 Å². The summed E-state index contributed by atoms with van der Waals surface area (Å²) in [6, 6.07) is 18.3. The van der Waals surface area contributed by atoms with Crippen molar-refractivity contribution in [3.63, 3.8) is 0 Å². The molecule has 4 aromatic rings. The molecule has 4 heterocycles. The zero-order chi connectivity index (χ0) is 34.2. The summed E-state index contributed by atoms with van der Waals surface area (Å²) in [7, 11) is 3.18. The highest BCUT2D eigenvalue weighted by Gasteiger charge is 2.31. The van der Waals surface area contributed by atoms with Crippen molar-refractivity contribution in [3.8, 4) is 40.0 Å². The Hall–Kier alpha value is -3.77. The minimum atomic E-state index is -1.27. The molecule has 256 valence electrons. The fraction of sp³-hybridized carbons (Fsp3) is 0.378. The Bertz CT molecular complexity index is 1910. The average Bonchev–Trinajstić information content (AvgIpc) is 3.73. The summed E-state index contributed by atoms with van der Waals surface area (Å²) in [5.74, 6) is 2.13. The lowest BCUT2D eigenvalue weighted by atomic mass is 9.94. The van der Waals surface area contributed by atoms with Crippen LogP contribution in [-0.4, -0.2) is 78.0 Å². The fourth-order valence-corrected chi connectivity index (χ4v) is 7.70. The number of nitrogens with one attached hydrogen (secondary N) is 1. The zero-order valence-corrected chi connectivity index (χ0v) is 29.9. The molecule has 0 unspecified atom stereocenters. The summed E-state index contributed by atoms with van der Waals surface area (Å²) in [5, 5.41) is 13.7. The van der Waals surface area contributed by atoms with Gasteiger partial charge in [0.25, 0.3) is 0 Å². The van der Waals surface area contributed by atoms with Gasteiger partial charge in [0, 0.05) is 42.9 Å². The van der Waals surface area contributed by atoms with Gasteiger partial charge in [-0.15, -0.1) is 0 Å². The number of ether oxygens (including phenoxy) is 3. The Balaban J connectivity index is 1.14. The molecule has 49 heavy (non-hydrogen) atoms. The van der Waals surface area contributed by atoms with Crippen LogP contribution in [0.3, 0.4) is 0 Å². The molecule has 9 nitrogen and oxygen atoms in total. The van der Waals surface area contributed by atoms with Crippen molar-refractivity contribution in [3.05, 3.63) is 86.3 Å². The SMILES string of the molecule is COc1nc(O[C@H]2CCc3c(-c4cccc(-c5ccc(C6=N[C@@H](C)CN6)c(OC)n5)c4Cl)cccc32)c(Br)cc1CN1CC[C@H](O)[C@H](F)C1. The lowest BCUT2D eigenvalue weighted by Gasteiger charge is -2.32. The minimum Gasteiger partial charge on any atom is -0.481 e. The number of hydrogen-bond donors (Lipinski definition) is 2. The van der Waals surface area contributed by atoms with E-state index >= 15 is 0 Å². The van der Waals surface area contributed by atoms with Gasteiger partial charge in [-0.2, -0.15) is 4.98 Å². The normalized spacial score (nSPS) is 22.0. The first-order valence-corrected chi connectivity index (χ1v) is 17.6. The summed E-state index contributed by atoms with van der Waals surface area (Å²) in [5.41, 5.74) is 7.39. The molecule has 0 spiro atoms. The van der Waals surface area contributed by atoms with Crippen LogP contribution in [0.15, 0.2) is 64.1 Å². The van der Waals surface area contributed by atoms with Crippen molar-refractivity contribution in [2.45, 2.75) is 57.2 Å². The number of aliphatic imine (C=N–C) groups is 1. The van der Waals surface area contributed by atoms with Gasteiger partial charge in [-0.25, -0.2) is 9.37 Å². The number of alkyl halides is 1. The molecule has 0 radical (unpaired) electrons. The Morgan fingerprint density at radius 2 is 1.76 bits per heavy atom. The van der Waals surface area contributed by atoms with Crippen LogP contribution in [0.5, 0.6) is 17.6 Å². The van der Waals surface area contributed by atoms with Crippen LogP contribution >= 0.6 is 27.5 Å². The van der Waals surface area contributed by atoms with Crippen LogP contribution in [0.4, 0.5) is 4.39 Å². The molecule has 0 amide bonds. The number of rotatable bonds is 9. The monoisotopic (exact) mass is 749 g/mol. The average molecular weight is 751 g/mol. The van der Waals surface area contributed by atoms with E-state index in [1.807, 2.05) is 47.4 Å². The number of likely N-dealkylation sites (tertiary alicyclic amines) is 1. The molecule has 12 heteroatoms. The van der Waals surface area contributed by atoms with Gasteiger partial charge in [0.1, 0.15) is 18.1 Å². The van der Waals surface area contributed by atoms with E-state index in [2.05, 4.69) is 45.3 Å². The number of benzene rings is 2. The predicted octanol–water partition coefficient (Wildman–Crippen LogP) is 6.95. The lowest BCUT2D eigenvalue weighted by molar-refractivity contribution is 0.00368. The summed E-state index contributed by atoms with van der Waals surface area (Å²) < 4.78 is 32.7. The maximum Gasteiger partial charge on any atom is 0.231 e. The van der Waals surface area contributed by atoms with Crippen LogP contribution in [0.2, 0.25) is 5.02 Å². The molecule has 4 atom stereocenters. The molecule has 1 saturated heterocycles. The number of piperidine rings is 1. The van der Waals surface area contributed by atoms with Crippen molar-refractivity contribution in [2.75, 3.05) is 33.9 Å². The van der Waals surface area contributed by atoms with Gasteiger partial charge in [0.2, 0.25) is 17.6 Å². The Morgan fingerprint density at radius 1 is 0.980 bits per heavy atom. The first-order chi connectivity index (χ1) is 23.7. The van der Waals surface area contributed by atoms with E-state index in [1.54, 1.807) is 14.2 Å². The molecule has 0 saturated carbocycles. The van der Waals surface area contributed by atoms with Crippen LogP contribution < -0.4 is 19.5 Å². The highest BCUT2D eigenvalue weighted by atomic mass is 79.9. The van der Waals surface area contributed by atoms with Gasteiger partial charge in [-0.1, -0.05) is 48.0 Å². The number of fused-ring (bicyclic) bond motifs is 1. The van der Waals surface area contributed by atoms with Crippen molar-refractivity contribution < 1.29 is 23.7 Å². The number of amidine groups is 1. The molecule has 2 aliphatic heterocycles. The minimum absolute atomic E-state index is 0.165. The first-order valence-electron chi connectivity index (χ1n) is 16.5. The van der Waals surface area contributed by atoms with E-state index in [4.69, 9.17) is 35.8 Å². The second-order valence-electron chi connectivity index (χ2n) is 12.7. The molecule has 0 bridgehead atoms. The number of halogens is 3. The highest BCUT2D eigenvalue weighted by Crippen LogP contribution is 2.45. The maximum atomic E-state index is 14.2. The number of hydrogen-bond acceptors (Lipinski definition) is 9. The maximum absolute atomic E-state index is 14.2. The predicted molar refractivity (Wildman–Crippen MR) is 192 cm³/mol. The molecule has 1 aliphatic carbocycles. The van der Waals surface area contributed by atoms with E-state index in [0.717, 1.165) is 58.6 Å². The number of nitrogens with zero attached hydrogens (tertiary/aromatic N) is 4.